The Morgan fingerprint density at radius 2 is 0.766 bits per heavy atom. The number of aryl methyl sites for hydroxylation is 5. The van der Waals surface area contributed by atoms with Crippen molar-refractivity contribution in [3.05, 3.63) is 177 Å². The Morgan fingerprint density at radius 1 is 0.489 bits per heavy atom. The fourth-order valence-electron chi connectivity index (χ4n) is 4.09. The number of benzene rings is 5. The summed E-state index contributed by atoms with van der Waals surface area (Å²) < 4.78 is 0. The summed E-state index contributed by atoms with van der Waals surface area (Å²) in [4.78, 5) is 46.2. The molecular weight excluding hydrogens is 599 g/mol. The molecule has 5 aromatic rings. The van der Waals surface area contributed by atoms with Crippen LogP contribution in [0.4, 0.5) is 0 Å². The van der Waals surface area contributed by atoms with Gasteiger partial charge in [0, 0.05) is 22.3 Å². The zero-order valence-electron chi connectivity index (χ0n) is 27.7. The smallest absolute Gasteiger partial charge is 0.870 e. The van der Waals surface area contributed by atoms with E-state index in [1.807, 2.05) is 107 Å². The maximum atomic E-state index is 12.1. The van der Waals surface area contributed by atoms with Crippen molar-refractivity contribution in [3.63, 3.8) is 0 Å². The number of Topliss-reactive ketones (excluding diaryl/α,β-unsaturated/α-hetero) is 3. The minimum Gasteiger partial charge on any atom is -0.870 e. The summed E-state index contributed by atoms with van der Waals surface area (Å²) in [5, 5.41) is 10.1. The third-order valence-corrected chi connectivity index (χ3v) is 7.02. The number of aldehydes is 1. The monoisotopic (exact) mass is 638 g/mol. The van der Waals surface area contributed by atoms with Crippen molar-refractivity contribution in [1.82, 2.24) is 0 Å². The fourth-order valence-corrected chi connectivity index (χ4v) is 4.09. The largest absolute Gasteiger partial charge is 1.00 e. The predicted molar refractivity (Wildman–Crippen MR) is 181 cm³/mol. The van der Waals surface area contributed by atoms with Crippen LogP contribution in [0.1, 0.15) is 80.9 Å². The Balaban J connectivity index is 0.000000364. The topological polar surface area (TPSA) is 119 Å². The van der Waals surface area contributed by atoms with Crippen molar-refractivity contribution in [1.29, 1.82) is 0 Å². The Labute approximate surface area is 299 Å². The average Bonchev–Trinajstić information content (AvgIpc) is 3.06. The molecule has 236 valence electrons. The van der Waals surface area contributed by atoms with Crippen LogP contribution in [0.2, 0.25) is 0 Å². The molecule has 0 heterocycles. The molecule has 0 bridgehead atoms. The van der Waals surface area contributed by atoms with E-state index in [-0.39, 0.29) is 40.8 Å². The van der Waals surface area contributed by atoms with Gasteiger partial charge in [-0.15, -0.1) is 0 Å². The van der Waals surface area contributed by atoms with E-state index in [0.29, 0.717) is 22.3 Å². The summed E-state index contributed by atoms with van der Waals surface area (Å²) in [7, 11) is 0. The Bertz CT molecular complexity index is 1670. The molecule has 7 heteroatoms. The van der Waals surface area contributed by atoms with Gasteiger partial charge in [-0.2, -0.15) is 0 Å². The van der Waals surface area contributed by atoms with E-state index in [1.165, 1.54) is 5.56 Å². The molecule has 0 spiro atoms. The summed E-state index contributed by atoms with van der Waals surface area (Å²) in [5.74, 6) is -1.18. The van der Waals surface area contributed by atoms with Crippen LogP contribution in [0.25, 0.3) is 0 Å². The van der Waals surface area contributed by atoms with Crippen LogP contribution in [-0.2, 0) is 0 Å². The average molecular weight is 639 g/mol. The maximum Gasteiger partial charge on any atom is 1.00 e. The van der Waals surface area contributed by atoms with Crippen LogP contribution in [-0.4, -0.2) is 34.2 Å². The van der Waals surface area contributed by atoms with Gasteiger partial charge in [0.1, 0.15) is 12.4 Å². The van der Waals surface area contributed by atoms with E-state index in [1.54, 1.807) is 48.5 Å². The van der Waals surface area contributed by atoms with Crippen LogP contribution in [0.3, 0.4) is 0 Å². The maximum absolute atomic E-state index is 12.1. The second-order valence-electron chi connectivity index (χ2n) is 11.0. The molecule has 5 aromatic carbocycles. The molecule has 2 N–H and O–H groups in total. The van der Waals surface area contributed by atoms with E-state index < -0.39 is 17.7 Å². The molecule has 0 aromatic heterocycles. The summed E-state index contributed by atoms with van der Waals surface area (Å²) in [5.41, 5.74) is 8.28. The number of carbonyl (C=O) groups excluding carboxylic acids is 4. The molecule has 0 aliphatic heterocycles. The number of aliphatic hydroxyl groups is 1. The van der Waals surface area contributed by atoms with Gasteiger partial charge in [-0.1, -0.05) is 149 Å². The summed E-state index contributed by atoms with van der Waals surface area (Å²) in [6, 6.07) is 36.1. The van der Waals surface area contributed by atoms with Crippen LogP contribution in [0.15, 0.2) is 121 Å². The Hall–Kier alpha value is -4.30. The van der Waals surface area contributed by atoms with Crippen LogP contribution in [0.5, 0.6) is 0 Å². The molecule has 5 rings (SSSR count). The molecule has 0 aliphatic carbocycles. The van der Waals surface area contributed by atoms with Gasteiger partial charge < -0.3 is 10.6 Å². The number of rotatable bonds is 7. The van der Waals surface area contributed by atoms with Crippen molar-refractivity contribution in [2.45, 2.75) is 40.7 Å². The molecule has 6 nitrogen and oxygen atoms in total. The minimum absolute atomic E-state index is 0. The third-order valence-electron chi connectivity index (χ3n) is 7.02. The molecule has 0 amide bonds. The first-order valence-electron chi connectivity index (χ1n) is 14.6. The molecular formula is C40H39NaO6. The first kappa shape index (κ1) is 40.7. The zero-order chi connectivity index (χ0) is 32.9. The molecule has 0 fully saturated rings. The third kappa shape index (κ3) is 12.8. The van der Waals surface area contributed by atoms with Gasteiger partial charge in [-0.25, -0.2) is 0 Å². The van der Waals surface area contributed by atoms with Gasteiger partial charge in [-0.05, 0) is 40.2 Å². The van der Waals surface area contributed by atoms with Gasteiger partial charge in [0.15, 0.2) is 5.78 Å². The van der Waals surface area contributed by atoms with Crippen LogP contribution in [0, 0.1) is 34.6 Å². The summed E-state index contributed by atoms with van der Waals surface area (Å²) in [6.45, 7) is 9.81. The van der Waals surface area contributed by atoms with Crippen molar-refractivity contribution in [2.24, 2.45) is 0 Å². The van der Waals surface area contributed by atoms with Crippen molar-refractivity contribution < 1.29 is 59.3 Å². The second-order valence-corrected chi connectivity index (χ2v) is 11.0. The van der Waals surface area contributed by atoms with Crippen LogP contribution >= 0.6 is 0 Å². The number of hydrogen-bond acceptors (Lipinski definition) is 6. The van der Waals surface area contributed by atoms with Crippen molar-refractivity contribution in [2.75, 3.05) is 0 Å². The molecule has 0 aliphatic rings. The number of aliphatic hydroxyl groups excluding tert-OH is 1. The van der Waals surface area contributed by atoms with E-state index >= 15 is 0 Å². The van der Waals surface area contributed by atoms with Gasteiger partial charge >= 0.3 is 29.6 Å². The van der Waals surface area contributed by atoms with Gasteiger partial charge in [0.2, 0.25) is 11.6 Å². The van der Waals surface area contributed by atoms with E-state index in [0.717, 1.165) is 34.1 Å². The Morgan fingerprint density at radius 3 is 1.09 bits per heavy atom. The van der Waals surface area contributed by atoms with E-state index in [2.05, 4.69) is 0 Å². The number of hydrogen-bond donors (Lipinski definition) is 1. The minimum atomic E-state index is -1.09. The first-order valence-corrected chi connectivity index (χ1v) is 14.6. The Kier molecular flexibility index (Phi) is 17.4. The van der Waals surface area contributed by atoms with Crippen molar-refractivity contribution >= 4 is 23.6 Å². The first-order chi connectivity index (χ1) is 21.5. The van der Waals surface area contributed by atoms with Gasteiger partial charge in [-0.3, -0.25) is 19.2 Å². The predicted octanol–water partition coefficient (Wildman–Crippen LogP) is 5.22. The second kappa shape index (κ2) is 20.0. The number of ketones is 3. The zero-order valence-corrected chi connectivity index (χ0v) is 29.7. The molecule has 1 unspecified atom stereocenters. The summed E-state index contributed by atoms with van der Waals surface area (Å²) >= 11 is 0. The molecule has 1 atom stereocenters. The SMILES string of the molecule is Cc1ccc(C(=O)C(=O)c2ccc(C)cc2)cc1.Cc1ccc(C(=O)C(O)c2ccc(C)cc2)cc1.Cc1ccc(C=O)cc1.[Na+].[OH-]. The van der Waals surface area contributed by atoms with Crippen molar-refractivity contribution in [3.8, 4) is 0 Å². The molecule has 0 saturated heterocycles. The van der Waals surface area contributed by atoms with Gasteiger partial charge in [0.25, 0.3) is 0 Å². The van der Waals surface area contributed by atoms with Crippen LogP contribution < -0.4 is 29.6 Å². The fraction of sp³-hybridized carbons (Fsp3) is 0.150. The van der Waals surface area contributed by atoms with E-state index in [9.17, 15) is 24.3 Å². The number of carbonyl (C=O) groups is 4. The normalized spacial score (nSPS) is 10.3. The standard InChI is InChI=1S/C16H16O2.C16H14O2.C8H8O.Na.H2O/c2*1-11-3-7-13(8-4-11)15(17)16(18)14-9-5-12(2)6-10-14;1-7-2-4-8(6-9)5-3-7;;/h3-10,15,17H,1-2H3;3-10H,1-2H3;2-6H,1H3;;1H2/q;;;+1;/p-1. The molecule has 47 heavy (non-hydrogen) atoms. The molecule has 0 radical (unpaired) electrons. The summed E-state index contributed by atoms with van der Waals surface area (Å²) in [6.07, 6.45) is -0.243. The molecule has 0 saturated carbocycles. The quantitative estimate of drug-likeness (QED) is 0.113. The van der Waals surface area contributed by atoms with Gasteiger partial charge in [0.05, 0.1) is 0 Å². The van der Waals surface area contributed by atoms with E-state index in [4.69, 9.17) is 0 Å².